The van der Waals surface area contributed by atoms with E-state index in [1.807, 2.05) is 0 Å². The van der Waals surface area contributed by atoms with Crippen molar-refractivity contribution in [1.29, 1.82) is 0 Å². The monoisotopic (exact) mass is 311 g/mol. The number of aromatic carboxylic acids is 1. The third kappa shape index (κ3) is 4.09. The van der Waals surface area contributed by atoms with Gasteiger partial charge in [-0.2, -0.15) is 0 Å². The molecule has 1 aromatic rings. The lowest BCUT2D eigenvalue weighted by Crippen LogP contribution is -2.50. The summed E-state index contributed by atoms with van der Waals surface area (Å²) in [6.45, 7) is 0. The topological polar surface area (TPSA) is 104 Å². The summed E-state index contributed by atoms with van der Waals surface area (Å²) in [7, 11) is 0. The highest BCUT2D eigenvalue weighted by molar-refractivity contribution is 6.33. The highest BCUT2D eigenvalue weighted by Crippen LogP contribution is 2.21. The van der Waals surface area contributed by atoms with Crippen LogP contribution in [-0.4, -0.2) is 29.2 Å². The van der Waals surface area contributed by atoms with Crippen molar-refractivity contribution >= 4 is 29.3 Å². The first-order chi connectivity index (χ1) is 9.97. The van der Waals surface area contributed by atoms with E-state index in [0.29, 0.717) is 5.69 Å². The molecule has 1 aliphatic rings. The largest absolute Gasteiger partial charge is 0.478 e. The van der Waals surface area contributed by atoms with E-state index in [-0.39, 0.29) is 22.7 Å². The summed E-state index contributed by atoms with van der Waals surface area (Å²) in [5.41, 5.74) is 6.29. The van der Waals surface area contributed by atoms with Gasteiger partial charge < -0.3 is 21.5 Å². The SMILES string of the molecule is NC1CCCCC1NC(=O)Nc1ccc(Cl)c(C(=O)O)c1. The number of carboxylic acid groups (broad SMARTS) is 1. The standard InChI is InChI=1S/C14H18ClN3O3/c15-10-6-5-8(7-9(10)13(19)20)17-14(21)18-12-4-2-1-3-11(12)16/h5-7,11-12H,1-4,16H2,(H,19,20)(H2,17,18,21). The molecule has 1 aliphatic carbocycles. The fourth-order valence-corrected chi connectivity index (χ4v) is 2.64. The van der Waals surface area contributed by atoms with Crippen LogP contribution in [0.5, 0.6) is 0 Å². The highest BCUT2D eigenvalue weighted by Gasteiger charge is 2.23. The van der Waals surface area contributed by atoms with Gasteiger partial charge in [-0.15, -0.1) is 0 Å². The van der Waals surface area contributed by atoms with Gasteiger partial charge in [0.1, 0.15) is 0 Å². The number of amides is 2. The summed E-state index contributed by atoms with van der Waals surface area (Å²) in [4.78, 5) is 22.9. The number of hydrogen-bond acceptors (Lipinski definition) is 3. The number of urea groups is 1. The number of carbonyl (C=O) groups excluding carboxylic acids is 1. The molecule has 7 heteroatoms. The zero-order valence-corrected chi connectivity index (χ0v) is 12.2. The maximum atomic E-state index is 11.9. The Morgan fingerprint density at radius 3 is 2.67 bits per heavy atom. The maximum Gasteiger partial charge on any atom is 0.337 e. The van der Waals surface area contributed by atoms with Crippen LogP contribution in [0.15, 0.2) is 18.2 Å². The van der Waals surface area contributed by atoms with Crippen LogP contribution < -0.4 is 16.4 Å². The number of anilines is 1. The zero-order chi connectivity index (χ0) is 15.4. The molecule has 1 fully saturated rings. The van der Waals surface area contributed by atoms with Crippen LogP contribution in [0.3, 0.4) is 0 Å². The smallest absolute Gasteiger partial charge is 0.337 e. The van der Waals surface area contributed by atoms with Crippen molar-refractivity contribution in [1.82, 2.24) is 5.32 Å². The molecule has 2 unspecified atom stereocenters. The zero-order valence-electron chi connectivity index (χ0n) is 11.4. The normalized spacial score (nSPS) is 21.6. The van der Waals surface area contributed by atoms with E-state index in [0.717, 1.165) is 25.7 Å². The quantitative estimate of drug-likeness (QED) is 0.688. The van der Waals surface area contributed by atoms with Crippen molar-refractivity contribution in [2.24, 2.45) is 5.73 Å². The van der Waals surface area contributed by atoms with Gasteiger partial charge in [0.15, 0.2) is 0 Å². The molecule has 2 amide bonds. The summed E-state index contributed by atoms with van der Waals surface area (Å²) in [6.07, 6.45) is 3.88. The van der Waals surface area contributed by atoms with Gasteiger partial charge >= 0.3 is 12.0 Å². The third-order valence-corrected chi connectivity index (χ3v) is 3.92. The van der Waals surface area contributed by atoms with E-state index in [9.17, 15) is 9.59 Å². The van der Waals surface area contributed by atoms with Crippen LogP contribution in [0, 0.1) is 0 Å². The number of nitrogens with two attached hydrogens (primary N) is 1. The summed E-state index contributed by atoms with van der Waals surface area (Å²) >= 11 is 5.78. The van der Waals surface area contributed by atoms with Gasteiger partial charge in [-0.25, -0.2) is 9.59 Å². The summed E-state index contributed by atoms with van der Waals surface area (Å²) in [5, 5.41) is 14.5. The Labute approximate surface area is 127 Å². The van der Waals surface area contributed by atoms with Crippen LogP contribution in [0.4, 0.5) is 10.5 Å². The second-order valence-corrected chi connectivity index (χ2v) is 5.56. The first-order valence-corrected chi connectivity index (χ1v) is 7.21. The molecule has 0 radical (unpaired) electrons. The molecule has 0 saturated heterocycles. The summed E-state index contributed by atoms with van der Waals surface area (Å²) in [5.74, 6) is -1.14. The van der Waals surface area contributed by atoms with Gasteiger partial charge in [0.25, 0.3) is 0 Å². The number of rotatable bonds is 3. The van der Waals surface area contributed by atoms with Crippen LogP contribution >= 0.6 is 11.6 Å². The number of carbonyl (C=O) groups is 2. The number of benzene rings is 1. The van der Waals surface area contributed by atoms with E-state index in [1.165, 1.54) is 12.1 Å². The Kier molecular flexibility index (Phi) is 5.03. The molecule has 2 atom stereocenters. The molecule has 1 aromatic carbocycles. The van der Waals surface area contributed by atoms with Gasteiger partial charge in [0.2, 0.25) is 0 Å². The second kappa shape index (κ2) is 6.78. The van der Waals surface area contributed by atoms with Crippen LogP contribution in [0.1, 0.15) is 36.0 Å². The summed E-state index contributed by atoms with van der Waals surface area (Å²) in [6, 6.07) is 3.83. The molecule has 0 aromatic heterocycles. The molecule has 6 nitrogen and oxygen atoms in total. The molecular formula is C14H18ClN3O3. The number of carboxylic acids is 1. The Hall–Kier alpha value is -1.79. The molecule has 0 aliphatic heterocycles. The van der Waals surface area contributed by atoms with Crippen molar-refractivity contribution in [3.05, 3.63) is 28.8 Å². The average Bonchev–Trinajstić information content (AvgIpc) is 2.43. The Morgan fingerprint density at radius 2 is 2.00 bits per heavy atom. The van der Waals surface area contributed by atoms with Gasteiger partial charge in [-0.05, 0) is 31.0 Å². The lowest BCUT2D eigenvalue weighted by molar-refractivity contribution is 0.0697. The molecule has 1 saturated carbocycles. The maximum absolute atomic E-state index is 11.9. The first-order valence-electron chi connectivity index (χ1n) is 6.83. The second-order valence-electron chi connectivity index (χ2n) is 5.15. The molecule has 114 valence electrons. The molecule has 2 rings (SSSR count). The van der Waals surface area contributed by atoms with E-state index >= 15 is 0 Å². The molecule has 0 heterocycles. The third-order valence-electron chi connectivity index (χ3n) is 3.59. The number of halogens is 1. The Balaban J connectivity index is 1.99. The lowest BCUT2D eigenvalue weighted by Gasteiger charge is -2.29. The van der Waals surface area contributed by atoms with Crippen LogP contribution in [-0.2, 0) is 0 Å². The average molecular weight is 312 g/mol. The van der Waals surface area contributed by atoms with Gasteiger partial charge in [-0.3, -0.25) is 0 Å². The highest BCUT2D eigenvalue weighted by atomic mass is 35.5. The van der Waals surface area contributed by atoms with Crippen LogP contribution in [0.2, 0.25) is 5.02 Å². The van der Waals surface area contributed by atoms with Crippen LogP contribution in [0.25, 0.3) is 0 Å². The van der Waals surface area contributed by atoms with Crippen molar-refractivity contribution in [3.63, 3.8) is 0 Å². The minimum absolute atomic E-state index is 0.0377. The Bertz CT molecular complexity index is 550. The summed E-state index contributed by atoms with van der Waals surface area (Å²) < 4.78 is 0. The Morgan fingerprint density at radius 1 is 1.29 bits per heavy atom. The van der Waals surface area contributed by atoms with E-state index in [2.05, 4.69) is 10.6 Å². The fraction of sp³-hybridized carbons (Fsp3) is 0.429. The van der Waals surface area contributed by atoms with Crippen molar-refractivity contribution in [2.75, 3.05) is 5.32 Å². The predicted octanol–water partition coefficient (Wildman–Crippen LogP) is 2.43. The molecule has 0 spiro atoms. The first kappa shape index (κ1) is 15.6. The van der Waals surface area contributed by atoms with E-state index in [1.54, 1.807) is 6.07 Å². The number of nitrogens with one attached hydrogen (secondary N) is 2. The molecular weight excluding hydrogens is 294 g/mol. The predicted molar refractivity (Wildman–Crippen MR) is 80.8 cm³/mol. The molecule has 5 N–H and O–H groups in total. The lowest BCUT2D eigenvalue weighted by atomic mass is 9.91. The minimum atomic E-state index is -1.14. The molecule has 0 bridgehead atoms. The van der Waals surface area contributed by atoms with E-state index in [4.69, 9.17) is 22.4 Å². The number of hydrogen-bond donors (Lipinski definition) is 4. The van der Waals surface area contributed by atoms with Crippen molar-refractivity contribution < 1.29 is 14.7 Å². The van der Waals surface area contributed by atoms with Gasteiger partial charge in [0.05, 0.1) is 10.6 Å². The van der Waals surface area contributed by atoms with E-state index < -0.39 is 12.0 Å². The van der Waals surface area contributed by atoms with Gasteiger partial charge in [0, 0.05) is 17.8 Å². The fourth-order valence-electron chi connectivity index (χ4n) is 2.44. The minimum Gasteiger partial charge on any atom is -0.478 e. The van der Waals surface area contributed by atoms with Gasteiger partial charge in [-0.1, -0.05) is 24.4 Å². The van der Waals surface area contributed by atoms with Crippen molar-refractivity contribution in [2.45, 2.75) is 37.8 Å². The van der Waals surface area contributed by atoms with Crippen molar-refractivity contribution in [3.8, 4) is 0 Å². The molecule has 21 heavy (non-hydrogen) atoms.